The van der Waals surface area contributed by atoms with Gasteiger partial charge in [-0.2, -0.15) is 0 Å². The van der Waals surface area contributed by atoms with Gasteiger partial charge in [0.1, 0.15) is 5.75 Å². The minimum absolute atomic E-state index is 0.218. The van der Waals surface area contributed by atoms with Gasteiger partial charge >= 0.3 is 0 Å². The van der Waals surface area contributed by atoms with Crippen LogP contribution in [0.1, 0.15) is 12.0 Å². The van der Waals surface area contributed by atoms with Gasteiger partial charge < -0.3 is 10.0 Å². The third-order valence-corrected chi connectivity index (χ3v) is 4.60. The van der Waals surface area contributed by atoms with Crippen LogP contribution in [0.4, 0.5) is 0 Å². The number of amides is 1. The van der Waals surface area contributed by atoms with E-state index in [2.05, 4.69) is 0 Å². The molecule has 0 radical (unpaired) electrons. The zero-order valence-electron chi connectivity index (χ0n) is 8.80. The summed E-state index contributed by atoms with van der Waals surface area (Å²) in [6.45, 7) is 1.55. The molecule has 1 aromatic carbocycles. The van der Waals surface area contributed by atoms with E-state index in [4.69, 9.17) is 0 Å². The first-order valence-electron chi connectivity index (χ1n) is 5.44. The van der Waals surface area contributed by atoms with Crippen molar-refractivity contribution < 1.29 is 9.90 Å². The van der Waals surface area contributed by atoms with E-state index in [0.29, 0.717) is 11.8 Å². The van der Waals surface area contributed by atoms with E-state index in [0.717, 1.165) is 18.5 Å². The first-order valence-corrected chi connectivity index (χ1v) is 6.39. The Labute approximate surface area is 98.4 Å². The number of hydrogen-bond donors (Lipinski definition) is 1. The number of carbonyl (C=O) groups excluding carboxylic acids is 1. The molecule has 3 nitrogen and oxygen atoms in total. The molecule has 3 saturated heterocycles. The van der Waals surface area contributed by atoms with Gasteiger partial charge in [-0.05, 0) is 24.1 Å². The van der Waals surface area contributed by atoms with Crippen molar-refractivity contribution >= 4 is 17.7 Å². The Balaban J connectivity index is 1.70. The lowest BCUT2D eigenvalue weighted by molar-refractivity contribution is -0.134. The molecular weight excluding hydrogens is 222 g/mol. The van der Waals surface area contributed by atoms with Crippen molar-refractivity contribution in [2.75, 3.05) is 6.54 Å². The predicted molar refractivity (Wildman–Crippen MR) is 63.3 cm³/mol. The Hall–Kier alpha value is -1.16. The maximum Gasteiger partial charge on any atom is 0.236 e. The number of piperidine rings is 1. The first kappa shape index (κ1) is 10.0. The average molecular weight is 235 g/mol. The number of hydrogen-bond acceptors (Lipinski definition) is 3. The van der Waals surface area contributed by atoms with E-state index < -0.39 is 0 Å². The van der Waals surface area contributed by atoms with E-state index in [1.807, 2.05) is 28.8 Å². The summed E-state index contributed by atoms with van der Waals surface area (Å²) in [5.74, 6) is 0.549. The van der Waals surface area contributed by atoms with Gasteiger partial charge in [-0.25, -0.2) is 0 Å². The first-order chi connectivity index (χ1) is 7.72. The summed E-state index contributed by atoms with van der Waals surface area (Å²) < 4.78 is 0. The van der Waals surface area contributed by atoms with Crippen LogP contribution in [-0.4, -0.2) is 33.0 Å². The van der Waals surface area contributed by atoms with E-state index in [1.54, 1.807) is 12.1 Å². The molecule has 3 heterocycles. The second-order valence-electron chi connectivity index (χ2n) is 4.37. The third-order valence-electron chi connectivity index (χ3n) is 3.15. The number of phenols is 1. The maximum atomic E-state index is 11.9. The molecule has 2 atom stereocenters. The van der Waals surface area contributed by atoms with Gasteiger partial charge in [-0.1, -0.05) is 12.1 Å². The molecule has 2 bridgehead atoms. The number of phenolic OH excluding ortho intramolecular Hbond substituents is 1. The predicted octanol–water partition coefficient (Wildman–Crippen LogP) is 1.61. The van der Waals surface area contributed by atoms with Gasteiger partial charge in [0.2, 0.25) is 5.91 Å². The molecule has 0 saturated carbocycles. The molecule has 4 rings (SSSR count). The number of thioether (sulfide) groups is 1. The molecule has 3 aliphatic rings. The molecule has 16 heavy (non-hydrogen) atoms. The summed E-state index contributed by atoms with van der Waals surface area (Å²) >= 11 is 1.81. The van der Waals surface area contributed by atoms with Gasteiger partial charge in [0, 0.05) is 18.3 Å². The minimum atomic E-state index is 0.218. The normalized spacial score (nSPS) is 27.8. The molecule has 3 aliphatic heterocycles. The Morgan fingerprint density at radius 3 is 2.69 bits per heavy atom. The molecule has 0 spiro atoms. The number of rotatable bonds is 2. The standard InChI is InChI=1S/C12H13NO2S/c14-9-3-1-8(2-4-9)6-13-7-10-5-11(16-10)12(13)15/h1-4,10-11,14H,5-7H2. The van der Waals surface area contributed by atoms with E-state index >= 15 is 0 Å². The Morgan fingerprint density at radius 1 is 1.38 bits per heavy atom. The molecule has 4 heteroatoms. The quantitative estimate of drug-likeness (QED) is 0.846. The van der Waals surface area contributed by atoms with Gasteiger partial charge in [0.15, 0.2) is 0 Å². The number of carbonyl (C=O) groups is 1. The maximum absolute atomic E-state index is 11.9. The van der Waals surface area contributed by atoms with Crippen LogP contribution in [0.2, 0.25) is 0 Å². The smallest absolute Gasteiger partial charge is 0.236 e. The van der Waals surface area contributed by atoms with Crippen molar-refractivity contribution in [2.24, 2.45) is 0 Å². The van der Waals surface area contributed by atoms with Crippen LogP contribution in [0.3, 0.4) is 0 Å². The van der Waals surface area contributed by atoms with Crippen LogP contribution in [0.5, 0.6) is 5.75 Å². The highest BCUT2D eigenvalue weighted by Crippen LogP contribution is 2.42. The number of nitrogens with zero attached hydrogens (tertiary/aromatic N) is 1. The third kappa shape index (κ3) is 1.67. The minimum Gasteiger partial charge on any atom is -0.508 e. The molecule has 1 aromatic rings. The fourth-order valence-corrected chi connectivity index (χ4v) is 3.52. The van der Waals surface area contributed by atoms with Crippen molar-refractivity contribution in [1.82, 2.24) is 4.90 Å². The Bertz CT molecular complexity index is 412. The highest BCUT2D eigenvalue weighted by molar-refractivity contribution is 8.02. The molecule has 0 aromatic heterocycles. The van der Waals surface area contributed by atoms with Crippen LogP contribution in [0.25, 0.3) is 0 Å². The number of benzene rings is 1. The number of fused-ring (bicyclic) bond motifs is 2. The molecule has 0 aliphatic carbocycles. The highest BCUT2D eigenvalue weighted by atomic mass is 32.2. The van der Waals surface area contributed by atoms with E-state index in [1.165, 1.54) is 0 Å². The summed E-state index contributed by atoms with van der Waals surface area (Å²) in [5, 5.41) is 10.1. The fourth-order valence-electron chi connectivity index (χ4n) is 2.24. The van der Waals surface area contributed by atoms with Crippen LogP contribution in [0.15, 0.2) is 24.3 Å². The molecule has 3 fully saturated rings. The fraction of sp³-hybridized carbons (Fsp3) is 0.417. The molecule has 2 unspecified atom stereocenters. The number of aromatic hydroxyl groups is 1. The lowest BCUT2D eigenvalue weighted by Crippen LogP contribution is -2.54. The summed E-state index contributed by atoms with van der Waals surface area (Å²) in [7, 11) is 0. The topological polar surface area (TPSA) is 40.5 Å². The van der Waals surface area contributed by atoms with Crippen LogP contribution < -0.4 is 0 Å². The second kappa shape index (κ2) is 3.70. The highest BCUT2D eigenvalue weighted by Gasteiger charge is 2.44. The Kier molecular flexibility index (Phi) is 2.32. The van der Waals surface area contributed by atoms with E-state index in [9.17, 15) is 9.90 Å². The SMILES string of the molecule is O=C1C2CC(CN1Cc1ccc(O)cc1)S2. The average Bonchev–Trinajstić information content (AvgIpc) is 2.22. The van der Waals surface area contributed by atoms with Crippen LogP contribution in [-0.2, 0) is 11.3 Å². The van der Waals surface area contributed by atoms with Crippen molar-refractivity contribution in [1.29, 1.82) is 0 Å². The second-order valence-corrected chi connectivity index (χ2v) is 5.88. The van der Waals surface area contributed by atoms with Crippen molar-refractivity contribution in [2.45, 2.75) is 23.5 Å². The molecular formula is C12H13NO2S. The van der Waals surface area contributed by atoms with Crippen molar-refractivity contribution in [3.8, 4) is 5.75 Å². The van der Waals surface area contributed by atoms with Crippen molar-refractivity contribution in [3.63, 3.8) is 0 Å². The van der Waals surface area contributed by atoms with Gasteiger partial charge in [0.05, 0.1) is 5.25 Å². The summed E-state index contributed by atoms with van der Waals surface area (Å²) in [6.07, 6.45) is 1.07. The van der Waals surface area contributed by atoms with Gasteiger partial charge in [-0.3, -0.25) is 4.79 Å². The Morgan fingerprint density at radius 2 is 2.06 bits per heavy atom. The van der Waals surface area contributed by atoms with Crippen molar-refractivity contribution in [3.05, 3.63) is 29.8 Å². The van der Waals surface area contributed by atoms with E-state index in [-0.39, 0.29) is 16.9 Å². The summed E-state index contributed by atoms with van der Waals surface area (Å²) in [5.41, 5.74) is 1.08. The largest absolute Gasteiger partial charge is 0.508 e. The zero-order valence-corrected chi connectivity index (χ0v) is 9.61. The molecule has 84 valence electrons. The monoisotopic (exact) mass is 235 g/mol. The zero-order chi connectivity index (χ0) is 11.1. The van der Waals surface area contributed by atoms with Gasteiger partial charge in [0.25, 0.3) is 0 Å². The molecule has 1 amide bonds. The lowest BCUT2D eigenvalue weighted by Gasteiger charge is -2.45. The van der Waals surface area contributed by atoms with Crippen LogP contribution >= 0.6 is 11.8 Å². The van der Waals surface area contributed by atoms with Crippen LogP contribution in [0, 0.1) is 0 Å². The molecule has 1 N–H and O–H groups in total. The summed E-state index contributed by atoms with van der Waals surface area (Å²) in [4.78, 5) is 13.8. The summed E-state index contributed by atoms with van der Waals surface area (Å²) in [6, 6.07) is 7.07. The lowest BCUT2D eigenvalue weighted by atomic mass is 10.1. The van der Waals surface area contributed by atoms with Gasteiger partial charge in [-0.15, -0.1) is 11.8 Å².